The molecule has 2 rings (SSSR count). The van der Waals surface area contributed by atoms with Crippen LogP contribution in [0.1, 0.15) is 13.3 Å². The van der Waals surface area contributed by atoms with Gasteiger partial charge < -0.3 is 10.6 Å². The van der Waals surface area contributed by atoms with Gasteiger partial charge in [-0.05, 0) is 13.3 Å². The van der Waals surface area contributed by atoms with Crippen molar-refractivity contribution in [1.82, 2.24) is 10.2 Å². The smallest absolute Gasteiger partial charge is 0.239 e. The predicted octanol–water partition coefficient (Wildman–Crippen LogP) is -1.55. The van der Waals surface area contributed by atoms with Crippen molar-refractivity contribution in [2.45, 2.75) is 19.4 Å². The molecule has 2 fully saturated rings. The molecule has 0 aromatic heterocycles. The largest absolute Gasteiger partial charge is 0.341 e. The van der Waals surface area contributed by atoms with Gasteiger partial charge in [-0.15, -0.1) is 0 Å². The lowest BCUT2D eigenvalue weighted by atomic mass is 9.87. The molecule has 3 N–H and O–H groups in total. The third kappa shape index (κ3) is 1.69. The number of rotatable bonds is 1. The maximum absolute atomic E-state index is 11.7. The number of nitrogens with one attached hydrogen (secondary N) is 1. The average Bonchev–Trinajstić information content (AvgIpc) is 2.53. The van der Waals surface area contributed by atoms with E-state index in [0.29, 0.717) is 19.5 Å². The number of hydrogen-bond acceptors (Lipinski definition) is 4. The summed E-state index contributed by atoms with van der Waals surface area (Å²) >= 11 is 0. The Morgan fingerprint density at radius 1 is 1.44 bits per heavy atom. The summed E-state index contributed by atoms with van der Waals surface area (Å²) in [7, 11) is 0. The molecule has 0 spiro atoms. The first-order valence-corrected chi connectivity index (χ1v) is 5.39. The minimum atomic E-state index is -0.559. The Morgan fingerprint density at radius 3 is 2.69 bits per heavy atom. The second-order valence-electron chi connectivity index (χ2n) is 4.43. The minimum Gasteiger partial charge on any atom is -0.341 e. The Kier molecular flexibility index (Phi) is 2.67. The highest BCUT2D eigenvalue weighted by atomic mass is 16.2. The van der Waals surface area contributed by atoms with Crippen LogP contribution in [0, 0.1) is 11.8 Å². The van der Waals surface area contributed by atoms with E-state index in [0.717, 1.165) is 0 Å². The van der Waals surface area contributed by atoms with Crippen LogP contribution in [0.2, 0.25) is 0 Å². The van der Waals surface area contributed by atoms with E-state index in [-0.39, 0.29) is 29.6 Å². The van der Waals surface area contributed by atoms with E-state index in [4.69, 9.17) is 5.73 Å². The van der Waals surface area contributed by atoms with Crippen LogP contribution in [0.3, 0.4) is 0 Å². The Bertz CT molecular complexity index is 353. The van der Waals surface area contributed by atoms with E-state index in [2.05, 4.69) is 5.32 Å². The quantitative estimate of drug-likeness (QED) is 0.529. The number of piperidine rings is 1. The van der Waals surface area contributed by atoms with Gasteiger partial charge in [-0.25, -0.2) is 0 Å². The monoisotopic (exact) mass is 225 g/mol. The van der Waals surface area contributed by atoms with E-state index in [9.17, 15) is 14.4 Å². The van der Waals surface area contributed by atoms with Crippen LogP contribution >= 0.6 is 0 Å². The summed E-state index contributed by atoms with van der Waals surface area (Å²) in [5, 5.41) is 2.30. The van der Waals surface area contributed by atoms with Gasteiger partial charge in [0, 0.05) is 13.1 Å². The van der Waals surface area contributed by atoms with E-state index < -0.39 is 6.04 Å². The number of hydrogen-bond donors (Lipinski definition) is 2. The molecule has 0 aromatic carbocycles. The number of fused-ring (bicyclic) bond motifs is 1. The Morgan fingerprint density at radius 2 is 2.06 bits per heavy atom. The lowest BCUT2D eigenvalue weighted by Crippen LogP contribution is -2.49. The van der Waals surface area contributed by atoms with Gasteiger partial charge in [-0.2, -0.15) is 0 Å². The maximum Gasteiger partial charge on any atom is 0.239 e. The van der Waals surface area contributed by atoms with Crippen molar-refractivity contribution in [3.05, 3.63) is 0 Å². The third-order valence-electron chi connectivity index (χ3n) is 3.23. The molecule has 2 saturated heterocycles. The van der Waals surface area contributed by atoms with Gasteiger partial charge in [-0.3, -0.25) is 19.7 Å². The van der Waals surface area contributed by atoms with Crippen LogP contribution < -0.4 is 11.1 Å². The van der Waals surface area contributed by atoms with Crippen molar-refractivity contribution in [2.75, 3.05) is 13.1 Å². The van der Waals surface area contributed by atoms with Gasteiger partial charge in [-0.1, -0.05) is 0 Å². The number of nitrogens with two attached hydrogens (primary N) is 1. The third-order valence-corrected chi connectivity index (χ3v) is 3.23. The summed E-state index contributed by atoms with van der Waals surface area (Å²) in [4.78, 5) is 36.1. The van der Waals surface area contributed by atoms with Crippen LogP contribution in [-0.4, -0.2) is 41.8 Å². The normalized spacial score (nSPS) is 31.0. The van der Waals surface area contributed by atoms with E-state index in [1.165, 1.54) is 0 Å². The van der Waals surface area contributed by atoms with Crippen molar-refractivity contribution in [3.8, 4) is 0 Å². The van der Waals surface area contributed by atoms with Crippen molar-refractivity contribution >= 4 is 17.7 Å². The fraction of sp³-hybridized carbons (Fsp3) is 0.700. The molecular weight excluding hydrogens is 210 g/mol. The maximum atomic E-state index is 11.7. The summed E-state index contributed by atoms with van der Waals surface area (Å²) < 4.78 is 0. The number of imide groups is 1. The van der Waals surface area contributed by atoms with Crippen LogP contribution in [-0.2, 0) is 14.4 Å². The zero-order valence-corrected chi connectivity index (χ0v) is 9.10. The van der Waals surface area contributed by atoms with Gasteiger partial charge in [0.05, 0.1) is 17.9 Å². The lowest BCUT2D eigenvalue weighted by molar-refractivity contribution is -0.137. The standard InChI is InChI=1S/C10H15N3O3/c1-5(11)10(16)13-3-2-6-7(4-13)9(15)12-8(6)14/h5-7H,2-4,11H2,1H3,(H,12,14,15)/t5-,6?,7?/m0/s1. The number of carbonyl (C=O) groups excluding carboxylic acids is 3. The first-order valence-electron chi connectivity index (χ1n) is 5.39. The van der Waals surface area contributed by atoms with Crippen molar-refractivity contribution in [1.29, 1.82) is 0 Å². The Labute approximate surface area is 93.1 Å². The number of amides is 3. The fourth-order valence-corrected chi connectivity index (χ4v) is 2.33. The molecule has 16 heavy (non-hydrogen) atoms. The van der Waals surface area contributed by atoms with E-state index in [1.54, 1.807) is 11.8 Å². The second kappa shape index (κ2) is 3.86. The van der Waals surface area contributed by atoms with Gasteiger partial charge >= 0.3 is 0 Å². The molecule has 2 aliphatic rings. The van der Waals surface area contributed by atoms with Crippen LogP contribution in [0.25, 0.3) is 0 Å². The summed E-state index contributed by atoms with van der Waals surface area (Å²) in [5.74, 6) is -1.28. The Hall–Kier alpha value is -1.43. The van der Waals surface area contributed by atoms with Crippen molar-refractivity contribution in [3.63, 3.8) is 0 Å². The van der Waals surface area contributed by atoms with Gasteiger partial charge in [0.2, 0.25) is 17.7 Å². The van der Waals surface area contributed by atoms with E-state index >= 15 is 0 Å². The van der Waals surface area contributed by atoms with Gasteiger partial charge in [0.15, 0.2) is 0 Å². The van der Waals surface area contributed by atoms with Crippen LogP contribution in [0.5, 0.6) is 0 Å². The summed E-state index contributed by atoms with van der Waals surface area (Å²) in [6.45, 7) is 2.43. The average molecular weight is 225 g/mol. The summed E-state index contributed by atoms with van der Waals surface area (Å²) in [6, 6.07) is -0.559. The molecule has 0 aliphatic carbocycles. The molecule has 0 bridgehead atoms. The molecule has 0 radical (unpaired) electrons. The molecule has 88 valence electrons. The van der Waals surface area contributed by atoms with Crippen LogP contribution in [0.15, 0.2) is 0 Å². The molecular formula is C10H15N3O3. The number of carbonyl (C=O) groups is 3. The molecule has 2 aliphatic heterocycles. The summed E-state index contributed by atoms with van der Waals surface area (Å²) in [6.07, 6.45) is 0.542. The van der Waals surface area contributed by atoms with Crippen molar-refractivity contribution in [2.24, 2.45) is 17.6 Å². The number of likely N-dealkylation sites (tertiary alicyclic amines) is 1. The predicted molar refractivity (Wildman–Crippen MR) is 55.0 cm³/mol. The molecule has 2 unspecified atom stereocenters. The molecule has 6 heteroatoms. The van der Waals surface area contributed by atoms with E-state index in [1.807, 2.05) is 0 Å². The van der Waals surface area contributed by atoms with Crippen molar-refractivity contribution < 1.29 is 14.4 Å². The zero-order chi connectivity index (χ0) is 11.9. The van der Waals surface area contributed by atoms with Gasteiger partial charge in [0.1, 0.15) is 0 Å². The first kappa shape index (κ1) is 11.1. The highest BCUT2D eigenvalue weighted by Crippen LogP contribution is 2.28. The lowest BCUT2D eigenvalue weighted by Gasteiger charge is -2.33. The Balaban J connectivity index is 2.08. The van der Waals surface area contributed by atoms with Gasteiger partial charge in [0.25, 0.3) is 0 Å². The highest BCUT2D eigenvalue weighted by molar-refractivity contribution is 6.05. The topological polar surface area (TPSA) is 92.5 Å². The molecule has 3 amide bonds. The second-order valence-corrected chi connectivity index (χ2v) is 4.43. The zero-order valence-electron chi connectivity index (χ0n) is 9.10. The summed E-state index contributed by atoms with van der Waals surface area (Å²) in [5.41, 5.74) is 5.51. The molecule has 2 heterocycles. The number of nitrogens with zero attached hydrogens (tertiary/aromatic N) is 1. The fourth-order valence-electron chi connectivity index (χ4n) is 2.33. The SMILES string of the molecule is C[C@H](N)C(=O)N1CCC2C(=O)NC(=O)C2C1. The molecule has 3 atom stereocenters. The molecule has 0 aromatic rings. The highest BCUT2D eigenvalue weighted by Gasteiger charge is 2.45. The molecule has 6 nitrogen and oxygen atoms in total. The first-order chi connectivity index (χ1) is 7.50. The van der Waals surface area contributed by atoms with Crippen LogP contribution in [0.4, 0.5) is 0 Å². The minimum absolute atomic E-state index is 0.161. The molecule has 0 saturated carbocycles.